The Balaban J connectivity index is 1.84. The summed E-state index contributed by atoms with van der Waals surface area (Å²) in [5, 5.41) is 6.61. The van der Waals surface area contributed by atoms with E-state index in [1.54, 1.807) is 14.2 Å². The van der Waals surface area contributed by atoms with Crippen LogP contribution in [0.4, 0.5) is 23.0 Å². The zero-order valence-corrected chi connectivity index (χ0v) is 15.1. The SMILES string of the molecule is CCc1ccccc1Nc1cc(Nc2cc(OC)ccc2OC)ncn1. The molecule has 0 unspecified atom stereocenters. The fraction of sp³-hybridized carbons (Fsp3) is 0.200. The van der Waals surface area contributed by atoms with Crippen LogP contribution in [0.5, 0.6) is 11.5 Å². The summed E-state index contributed by atoms with van der Waals surface area (Å²) >= 11 is 0. The minimum Gasteiger partial charge on any atom is -0.497 e. The summed E-state index contributed by atoms with van der Waals surface area (Å²) in [7, 11) is 3.26. The third-order valence-corrected chi connectivity index (χ3v) is 4.00. The summed E-state index contributed by atoms with van der Waals surface area (Å²) < 4.78 is 10.7. The third kappa shape index (κ3) is 4.03. The first-order valence-electron chi connectivity index (χ1n) is 8.39. The topological polar surface area (TPSA) is 68.3 Å². The van der Waals surface area contributed by atoms with Crippen LogP contribution < -0.4 is 20.1 Å². The molecule has 0 spiro atoms. The second-order valence-corrected chi connectivity index (χ2v) is 5.62. The Morgan fingerprint density at radius 1 is 0.846 bits per heavy atom. The molecule has 1 aromatic heterocycles. The number of ether oxygens (including phenoxy) is 2. The number of hydrogen-bond acceptors (Lipinski definition) is 6. The molecule has 26 heavy (non-hydrogen) atoms. The van der Waals surface area contributed by atoms with E-state index in [2.05, 4.69) is 33.6 Å². The lowest BCUT2D eigenvalue weighted by Crippen LogP contribution is -2.01. The van der Waals surface area contributed by atoms with Gasteiger partial charge in [-0.1, -0.05) is 25.1 Å². The Hall–Kier alpha value is -3.28. The second-order valence-electron chi connectivity index (χ2n) is 5.62. The molecule has 0 aliphatic carbocycles. The predicted molar refractivity (Wildman–Crippen MR) is 104 cm³/mol. The first-order valence-corrected chi connectivity index (χ1v) is 8.39. The van der Waals surface area contributed by atoms with Crippen molar-refractivity contribution in [1.82, 2.24) is 9.97 Å². The highest BCUT2D eigenvalue weighted by Gasteiger charge is 2.08. The zero-order chi connectivity index (χ0) is 18.4. The van der Waals surface area contributed by atoms with Gasteiger partial charge < -0.3 is 20.1 Å². The van der Waals surface area contributed by atoms with Gasteiger partial charge in [0.1, 0.15) is 29.5 Å². The van der Waals surface area contributed by atoms with E-state index < -0.39 is 0 Å². The molecule has 0 aliphatic rings. The van der Waals surface area contributed by atoms with E-state index in [4.69, 9.17) is 9.47 Å². The molecule has 0 saturated carbocycles. The van der Waals surface area contributed by atoms with Crippen LogP contribution >= 0.6 is 0 Å². The maximum Gasteiger partial charge on any atom is 0.142 e. The Kier molecular flexibility index (Phi) is 5.53. The average Bonchev–Trinajstić information content (AvgIpc) is 2.68. The van der Waals surface area contributed by atoms with Crippen molar-refractivity contribution in [1.29, 1.82) is 0 Å². The monoisotopic (exact) mass is 350 g/mol. The van der Waals surface area contributed by atoms with Crippen molar-refractivity contribution < 1.29 is 9.47 Å². The molecule has 6 heteroatoms. The van der Waals surface area contributed by atoms with Crippen LogP contribution in [0.25, 0.3) is 0 Å². The van der Waals surface area contributed by atoms with Crippen LogP contribution in [0.3, 0.4) is 0 Å². The van der Waals surface area contributed by atoms with E-state index in [0.717, 1.165) is 23.5 Å². The molecular weight excluding hydrogens is 328 g/mol. The van der Waals surface area contributed by atoms with Gasteiger partial charge in [0.2, 0.25) is 0 Å². The highest BCUT2D eigenvalue weighted by molar-refractivity contribution is 5.69. The number of nitrogens with one attached hydrogen (secondary N) is 2. The summed E-state index contributed by atoms with van der Waals surface area (Å²) in [6.45, 7) is 2.13. The van der Waals surface area contributed by atoms with E-state index in [1.165, 1.54) is 11.9 Å². The second kappa shape index (κ2) is 8.20. The summed E-state index contributed by atoms with van der Waals surface area (Å²) in [6, 6.07) is 15.6. The Bertz CT molecular complexity index is 883. The number of nitrogens with zero attached hydrogens (tertiary/aromatic N) is 2. The van der Waals surface area contributed by atoms with E-state index in [-0.39, 0.29) is 0 Å². The van der Waals surface area contributed by atoms with Crippen molar-refractivity contribution in [3.8, 4) is 11.5 Å². The number of para-hydroxylation sites is 1. The fourth-order valence-corrected chi connectivity index (χ4v) is 2.63. The van der Waals surface area contributed by atoms with Gasteiger partial charge in [-0.05, 0) is 30.2 Å². The largest absolute Gasteiger partial charge is 0.497 e. The lowest BCUT2D eigenvalue weighted by molar-refractivity contribution is 0.405. The first-order chi connectivity index (χ1) is 12.7. The highest BCUT2D eigenvalue weighted by atomic mass is 16.5. The fourth-order valence-electron chi connectivity index (χ4n) is 2.63. The summed E-state index contributed by atoms with van der Waals surface area (Å²) in [4.78, 5) is 8.60. The molecule has 0 fully saturated rings. The Labute approximate surface area is 153 Å². The molecule has 0 radical (unpaired) electrons. The van der Waals surface area contributed by atoms with E-state index >= 15 is 0 Å². The highest BCUT2D eigenvalue weighted by Crippen LogP contribution is 2.31. The quantitative estimate of drug-likeness (QED) is 0.652. The van der Waals surface area contributed by atoms with Crippen LogP contribution in [0.2, 0.25) is 0 Å². The maximum atomic E-state index is 5.40. The van der Waals surface area contributed by atoms with Crippen LogP contribution in [0, 0.1) is 0 Å². The van der Waals surface area contributed by atoms with E-state index in [0.29, 0.717) is 17.4 Å². The van der Waals surface area contributed by atoms with Crippen molar-refractivity contribution >= 4 is 23.0 Å². The predicted octanol–water partition coefficient (Wildman–Crippen LogP) is 4.54. The number of methoxy groups -OCH3 is 2. The number of benzene rings is 2. The van der Waals surface area contributed by atoms with Gasteiger partial charge in [0.05, 0.1) is 19.9 Å². The number of aryl methyl sites for hydroxylation is 1. The van der Waals surface area contributed by atoms with Gasteiger partial charge in [-0.15, -0.1) is 0 Å². The number of hydrogen-bond donors (Lipinski definition) is 2. The van der Waals surface area contributed by atoms with Crippen molar-refractivity contribution in [3.05, 3.63) is 60.4 Å². The minimum atomic E-state index is 0.656. The summed E-state index contributed by atoms with van der Waals surface area (Å²) in [6.07, 6.45) is 2.46. The van der Waals surface area contributed by atoms with Gasteiger partial charge >= 0.3 is 0 Å². The molecule has 0 saturated heterocycles. The summed E-state index contributed by atoms with van der Waals surface area (Å²) in [5.74, 6) is 2.81. The lowest BCUT2D eigenvalue weighted by Gasteiger charge is -2.13. The van der Waals surface area contributed by atoms with Gasteiger partial charge in [0.25, 0.3) is 0 Å². The molecule has 3 rings (SSSR count). The molecule has 2 aromatic carbocycles. The lowest BCUT2D eigenvalue weighted by atomic mass is 10.1. The van der Waals surface area contributed by atoms with Crippen molar-refractivity contribution in [3.63, 3.8) is 0 Å². The molecule has 0 bridgehead atoms. The Morgan fingerprint density at radius 3 is 2.27 bits per heavy atom. The Morgan fingerprint density at radius 2 is 1.58 bits per heavy atom. The molecule has 6 nitrogen and oxygen atoms in total. The molecule has 0 aliphatic heterocycles. The van der Waals surface area contributed by atoms with Gasteiger partial charge in [-0.2, -0.15) is 0 Å². The van der Waals surface area contributed by atoms with Crippen LogP contribution in [-0.4, -0.2) is 24.2 Å². The molecule has 0 atom stereocenters. The van der Waals surface area contributed by atoms with Gasteiger partial charge in [0.15, 0.2) is 0 Å². The van der Waals surface area contributed by atoms with E-state index in [9.17, 15) is 0 Å². The smallest absolute Gasteiger partial charge is 0.142 e. The third-order valence-electron chi connectivity index (χ3n) is 4.00. The molecule has 134 valence electrons. The molecule has 3 aromatic rings. The van der Waals surface area contributed by atoms with Gasteiger partial charge in [0, 0.05) is 17.8 Å². The van der Waals surface area contributed by atoms with Crippen LogP contribution in [0.1, 0.15) is 12.5 Å². The molecule has 0 amide bonds. The number of aromatic nitrogens is 2. The molecule has 2 N–H and O–H groups in total. The number of anilines is 4. The van der Waals surface area contributed by atoms with Crippen molar-refractivity contribution in [2.24, 2.45) is 0 Å². The molecular formula is C20H22N4O2. The number of rotatable bonds is 7. The standard InChI is InChI=1S/C20H22N4O2/c1-4-14-7-5-6-8-16(14)23-19-12-20(22-13-21-19)24-17-11-15(25-2)9-10-18(17)26-3/h5-13H,4H2,1-3H3,(H2,21,22,23,24). The zero-order valence-electron chi connectivity index (χ0n) is 15.1. The first kappa shape index (κ1) is 17.5. The normalized spacial score (nSPS) is 10.3. The van der Waals surface area contributed by atoms with E-state index in [1.807, 2.05) is 42.5 Å². The average molecular weight is 350 g/mol. The minimum absolute atomic E-state index is 0.656. The van der Waals surface area contributed by atoms with Crippen LogP contribution in [-0.2, 0) is 6.42 Å². The van der Waals surface area contributed by atoms with Crippen LogP contribution in [0.15, 0.2) is 54.9 Å². The summed E-state index contributed by atoms with van der Waals surface area (Å²) in [5.41, 5.74) is 3.04. The van der Waals surface area contributed by atoms with Crippen molar-refractivity contribution in [2.75, 3.05) is 24.9 Å². The van der Waals surface area contributed by atoms with Gasteiger partial charge in [-0.3, -0.25) is 0 Å². The van der Waals surface area contributed by atoms with Gasteiger partial charge in [-0.25, -0.2) is 9.97 Å². The van der Waals surface area contributed by atoms with Crippen molar-refractivity contribution in [2.45, 2.75) is 13.3 Å². The maximum absolute atomic E-state index is 5.40. The molecule has 1 heterocycles.